The van der Waals surface area contributed by atoms with Crippen LogP contribution in [0.5, 0.6) is 0 Å². The van der Waals surface area contributed by atoms with Crippen LogP contribution in [0.4, 0.5) is 11.5 Å². The SMILES string of the molecule is CN(C)c1ccc(NC(=O)CC2CNCCO2)cn1. The summed E-state index contributed by atoms with van der Waals surface area (Å²) in [6.45, 7) is 2.25. The largest absolute Gasteiger partial charge is 0.375 e. The van der Waals surface area contributed by atoms with Crippen LogP contribution < -0.4 is 15.5 Å². The van der Waals surface area contributed by atoms with Crippen molar-refractivity contribution in [3.8, 4) is 0 Å². The lowest BCUT2D eigenvalue weighted by atomic mass is 10.2. The van der Waals surface area contributed by atoms with Crippen LogP contribution in [0.1, 0.15) is 6.42 Å². The van der Waals surface area contributed by atoms with Crippen molar-refractivity contribution in [2.45, 2.75) is 12.5 Å². The van der Waals surface area contributed by atoms with Gasteiger partial charge in [-0.25, -0.2) is 4.98 Å². The van der Waals surface area contributed by atoms with Gasteiger partial charge in [-0.05, 0) is 12.1 Å². The van der Waals surface area contributed by atoms with Gasteiger partial charge in [0.2, 0.25) is 5.91 Å². The Kier molecular flexibility index (Phi) is 4.70. The van der Waals surface area contributed by atoms with Crippen molar-refractivity contribution >= 4 is 17.4 Å². The van der Waals surface area contributed by atoms with Crippen LogP contribution in [-0.2, 0) is 9.53 Å². The highest BCUT2D eigenvalue weighted by Crippen LogP contribution is 2.12. The van der Waals surface area contributed by atoms with Gasteiger partial charge >= 0.3 is 0 Å². The molecule has 0 saturated carbocycles. The molecule has 2 heterocycles. The average Bonchev–Trinajstić information content (AvgIpc) is 2.40. The maximum absolute atomic E-state index is 11.8. The highest BCUT2D eigenvalue weighted by Gasteiger charge is 2.17. The molecular weight excluding hydrogens is 244 g/mol. The molecule has 19 heavy (non-hydrogen) atoms. The minimum atomic E-state index is -0.0481. The van der Waals surface area contributed by atoms with Crippen molar-refractivity contribution < 1.29 is 9.53 Å². The third kappa shape index (κ3) is 4.18. The number of aromatic nitrogens is 1. The topological polar surface area (TPSA) is 66.5 Å². The van der Waals surface area contributed by atoms with Crippen LogP contribution in [0, 0.1) is 0 Å². The molecule has 1 aliphatic heterocycles. The van der Waals surface area contributed by atoms with E-state index in [0.717, 1.165) is 18.9 Å². The minimum Gasteiger partial charge on any atom is -0.375 e. The van der Waals surface area contributed by atoms with Crippen LogP contribution in [0.2, 0.25) is 0 Å². The second-order valence-electron chi connectivity index (χ2n) is 4.75. The van der Waals surface area contributed by atoms with Crippen LogP contribution in [-0.4, -0.2) is 50.8 Å². The summed E-state index contributed by atoms with van der Waals surface area (Å²) in [5.74, 6) is 0.811. The van der Waals surface area contributed by atoms with E-state index < -0.39 is 0 Å². The molecule has 6 heteroatoms. The molecule has 2 N–H and O–H groups in total. The first-order valence-electron chi connectivity index (χ1n) is 6.40. The van der Waals surface area contributed by atoms with Crippen molar-refractivity contribution in [2.75, 3.05) is 44.0 Å². The number of hydrogen-bond donors (Lipinski definition) is 2. The van der Waals surface area contributed by atoms with Crippen molar-refractivity contribution in [1.82, 2.24) is 10.3 Å². The molecule has 1 aliphatic rings. The van der Waals surface area contributed by atoms with E-state index >= 15 is 0 Å². The molecule has 0 aliphatic carbocycles. The summed E-state index contributed by atoms with van der Waals surface area (Å²) in [5.41, 5.74) is 0.708. The molecule has 1 aromatic heterocycles. The lowest BCUT2D eigenvalue weighted by molar-refractivity contribution is -0.119. The third-order valence-electron chi connectivity index (χ3n) is 2.91. The Bertz CT molecular complexity index is 413. The monoisotopic (exact) mass is 264 g/mol. The van der Waals surface area contributed by atoms with Gasteiger partial charge in [-0.3, -0.25) is 4.79 Å². The average molecular weight is 264 g/mol. The Morgan fingerprint density at radius 1 is 1.58 bits per heavy atom. The minimum absolute atomic E-state index is 0.0391. The quantitative estimate of drug-likeness (QED) is 0.827. The predicted octanol–water partition coefficient (Wildman–Crippen LogP) is 0.465. The van der Waals surface area contributed by atoms with E-state index in [-0.39, 0.29) is 12.0 Å². The number of nitrogens with one attached hydrogen (secondary N) is 2. The normalized spacial score (nSPS) is 18.9. The molecule has 0 bridgehead atoms. The van der Waals surface area contributed by atoms with Gasteiger partial charge in [0.1, 0.15) is 5.82 Å². The van der Waals surface area contributed by atoms with Gasteiger partial charge < -0.3 is 20.3 Å². The number of amides is 1. The summed E-state index contributed by atoms with van der Waals surface area (Å²) in [6.07, 6.45) is 1.98. The van der Waals surface area contributed by atoms with E-state index in [0.29, 0.717) is 18.7 Å². The lowest BCUT2D eigenvalue weighted by Crippen LogP contribution is -2.40. The smallest absolute Gasteiger partial charge is 0.227 e. The Morgan fingerprint density at radius 3 is 3.00 bits per heavy atom. The molecule has 0 aromatic carbocycles. The van der Waals surface area contributed by atoms with Gasteiger partial charge in [0.25, 0.3) is 0 Å². The Morgan fingerprint density at radius 2 is 2.42 bits per heavy atom. The molecule has 104 valence electrons. The lowest BCUT2D eigenvalue weighted by Gasteiger charge is -2.23. The zero-order chi connectivity index (χ0) is 13.7. The van der Waals surface area contributed by atoms with E-state index in [1.807, 2.05) is 31.1 Å². The third-order valence-corrected chi connectivity index (χ3v) is 2.91. The van der Waals surface area contributed by atoms with Crippen LogP contribution in [0.15, 0.2) is 18.3 Å². The van der Waals surface area contributed by atoms with Crippen molar-refractivity contribution in [2.24, 2.45) is 0 Å². The molecule has 0 radical (unpaired) electrons. The highest BCUT2D eigenvalue weighted by molar-refractivity contribution is 5.90. The summed E-state index contributed by atoms with van der Waals surface area (Å²) >= 11 is 0. The van der Waals surface area contributed by atoms with Crippen molar-refractivity contribution in [3.63, 3.8) is 0 Å². The van der Waals surface area contributed by atoms with E-state index in [9.17, 15) is 4.79 Å². The number of hydrogen-bond acceptors (Lipinski definition) is 5. The first kappa shape index (κ1) is 13.8. The van der Waals surface area contributed by atoms with E-state index in [2.05, 4.69) is 15.6 Å². The summed E-state index contributed by atoms with van der Waals surface area (Å²) in [4.78, 5) is 18.0. The zero-order valence-electron chi connectivity index (χ0n) is 11.3. The number of anilines is 2. The summed E-state index contributed by atoms with van der Waals surface area (Å²) in [5, 5.41) is 6.03. The highest BCUT2D eigenvalue weighted by atomic mass is 16.5. The molecule has 1 atom stereocenters. The second kappa shape index (κ2) is 6.49. The molecule has 1 fully saturated rings. The second-order valence-corrected chi connectivity index (χ2v) is 4.75. The summed E-state index contributed by atoms with van der Waals surface area (Å²) < 4.78 is 5.49. The molecule has 1 amide bonds. The van der Waals surface area contributed by atoms with E-state index in [1.54, 1.807) is 6.20 Å². The Hall–Kier alpha value is -1.66. The fraction of sp³-hybridized carbons (Fsp3) is 0.538. The molecule has 1 saturated heterocycles. The number of carbonyl (C=O) groups is 1. The van der Waals surface area contributed by atoms with E-state index in [1.165, 1.54) is 0 Å². The Balaban J connectivity index is 1.84. The fourth-order valence-electron chi connectivity index (χ4n) is 1.89. The first-order valence-corrected chi connectivity index (χ1v) is 6.40. The van der Waals surface area contributed by atoms with Crippen LogP contribution in [0.3, 0.4) is 0 Å². The maximum Gasteiger partial charge on any atom is 0.227 e. The Labute approximate surface area is 113 Å². The van der Waals surface area contributed by atoms with Gasteiger partial charge in [0.05, 0.1) is 31.0 Å². The maximum atomic E-state index is 11.8. The molecule has 1 aromatic rings. The number of rotatable bonds is 4. The molecule has 0 spiro atoms. The number of morpholine rings is 1. The first-order chi connectivity index (χ1) is 9.15. The summed E-state index contributed by atoms with van der Waals surface area (Å²) in [6, 6.07) is 3.72. The standard InChI is InChI=1S/C13H20N4O2/c1-17(2)12-4-3-10(8-15-12)16-13(18)7-11-9-14-5-6-19-11/h3-4,8,11,14H,5-7,9H2,1-2H3,(H,16,18). The fourth-order valence-corrected chi connectivity index (χ4v) is 1.89. The molecule has 6 nitrogen and oxygen atoms in total. The van der Waals surface area contributed by atoms with Gasteiger partial charge in [-0.1, -0.05) is 0 Å². The van der Waals surface area contributed by atoms with Crippen LogP contribution >= 0.6 is 0 Å². The zero-order valence-corrected chi connectivity index (χ0v) is 11.3. The van der Waals surface area contributed by atoms with Gasteiger partial charge in [-0.2, -0.15) is 0 Å². The number of nitrogens with zero attached hydrogens (tertiary/aromatic N) is 2. The molecule has 2 rings (SSSR count). The van der Waals surface area contributed by atoms with Crippen molar-refractivity contribution in [1.29, 1.82) is 0 Å². The van der Waals surface area contributed by atoms with Crippen molar-refractivity contribution in [3.05, 3.63) is 18.3 Å². The number of pyridine rings is 1. The van der Waals surface area contributed by atoms with E-state index in [4.69, 9.17) is 4.74 Å². The molecular formula is C13H20N4O2. The molecule has 1 unspecified atom stereocenters. The number of ether oxygens (including phenoxy) is 1. The predicted molar refractivity (Wildman–Crippen MR) is 74.4 cm³/mol. The van der Waals surface area contributed by atoms with Gasteiger partial charge in [-0.15, -0.1) is 0 Å². The van der Waals surface area contributed by atoms with Gasteiger partial charge in [0.15, 0.2) is 0 Å². The number of carbonyl (C=O) groups excluding carboxylic acids is 1. The van der Waals surface area contributed by atoms with Crippen LogP contribution in [0.25, 0.3) is 0 Å². The van der Waals surface area contributed by atoms with Gasteiger partial charge in [0, 0.05) is 27.2 Å². The summed E-state index contributed by atoms with van der Waals surface area (Å²) in [7, 11) is 3.85.